The van der Waals surface area contributed by atoms with Gasteiger partial charge >= 0.3 is 0 Å². The van der Waals surface area contributed by atoms with Crippen LogP contribution < -0.4 is 16.4 Å². The van der Waals surface area contributed by atoms with Crippen molar-refractivity contribution in [3.63, 3.8) is 0 Å². The van der Waals surface area contributed by atoms with Crippen molar-refractivity contribution in [2.75, 3.05) is 37.2 Å². The van der Waals surface area contributed by atoms with Crippen LogP contribution in [-0.4, -0.2) is 47.0 Å². The molecule has 1 amide bonds. The van der Waals surface area contributed by atoms with E-state index in [1.165, 1.54) is 19.3 Å². The van der Waals surface area contributed by atoms with Crippen molar-refractivity contribution in [2.45, 2.75) is 25.8 Å². The highest BCUT2D eigenvalue weighted by Gasteiger charge is 2.12. The smallest absolute Gasteiger partial charge is 0.251 e. The highest BCUT2D eigenvalue weighted by Crippen LogP contribution is 2.24. The topological polar surface area (TPSA) is 96.2 Å². The molecule has 0 spiro atoms. The minimum Gasteiger partial charge on any atom is -0.396 e. The number of rotatable bonds is 8. The average molecular weight is 481 g/mol. The Hall–Kier alpha value is -3.97. The van der Waals surface area contributed by atoms with Gasteiger partial charge in [-0.25, -0.2) is 4.98 Å². The molecule has 0 atom stereocenters. The summed E-state index contributed by atoms with van der Waals surface area (Å²) in [6, 6.07) is 21.5. The molecule has 0 radical (unpaired) electrons. The second-order valence-electron chi connectivity index (χ2n) is 9.25. The molecule has 4 aromatic rings. The van der Waals surface area contributed by atoms with Gasteiger partial charge in [-0.05, 0) is 74.0 Å². The van der Waals surface area contributed by atoms with Crippen LogP contribution >= 0.6 is 0 Å². The summed E-state index contributed by atoms with van der Waals surface area (Å²) in [5.74, 6) is 0.593. The van der Waals surface area contributed by atoms with Crippen molar-refractivity contribution in [1.29, 1.82) is 0 Å². The normalized spacial score (nSPS) is 14.0. The number of nitrogens with one attached hydrogen (secondary N) is 2. The zero-order valence-corrected chi connectivity index (χ0v) is 20.4. The number of aromatic nitrogens is 2. The van der Waals surface area contributed by atoms with Gasteiger partial charge in [0.25, 0.3) is 5.91 Å². The van der Waals surface area contributed by atoms with Crippen molar-refractivity contribution in [2.24, 2.45) is 0 Å². The number of amides is 1. The van der Waals surface area contributed by atoms with E-state index in [-0.39, 0.29) is 5.91 Å². The van der Waals surface area contributed by atoms with E-state index in [4.69, 9.17) is 10.7 Å². The Balaban J connectivity index is 1.20. The van der Waals surface area contributed by atoms with Gasteiger partial charge in [0, 0.05) is 42.3 Å². The van der Waals surface area contributed by atoms with Crippen molar-refractivity contribution in [3.8, 4) is 11.3 Å². The molecule has 3 heterocycles. The van der Waals surface area contributed by atoms with E-state index in [9.17, 15) is 4.79 Å². The SMILES string of the molecule is Nc1ccc(-c2ccc(C(=O)NCCN3CCCCC3)cc2)nc1NCc1ccc2ncccc2c1. The summed E-state index contributed by atoms with van der Waals surface area (Å²) in [5, 5.41) is 7.50. The molecule has 2 aromatic carbocycles. The fourth-order valence-corrected chi connectivity index (χ4v) is 4.60. The lowest BCUT2D eigenvalue weighted by molar-refractivity contribution is 0.0946. The Labute approximate surface area is 211 Å². The van der Waals surface area contributed by atoms with Crippen LogP contribution in [0.3, 0.4) is 0 Å². The van der Waals surface area contributed by atoms with E-state index in [0.717, 1.165) is 47.4 Å². The molecule has 36 heavy (non-hydrogen) atoms. The molecule has 1 saturated heterocycles. The fraction of sp³-hybridized carbons (Fsp3) is 0.276. The van der Waals surface area contributed by atoms with Gasteiger partial charge in [0.15, 0.2) is 0 Å². The Bertz CT molecular complexity index is 1330. The van der Waals surface area contributed by atoms with E-state index >= 15 is 0 Å². The van der Waals surface area contributed by atoms with Crippen LogP contribution in [0.1, 0.15) is 35.2 Å². The number of pyridine rings is 2. The van der Waals surface area contributed by atoms with Gasteiger partial charge in [-0.3, -0.25) is 9.78 Å². The number of benzene rings is 2. The van der Waals surface area contributed by atoms with Crippen LogP contribution in [0, 0.1) is 0 Å². The third-order valence-electron chi connectivity index (χ3n) is 6.66. The summed E-state index contributed by atoms with van der Waals surface area (Å²) in [4.78, 5) is 24.1. The minimum atomic E-state index is -0.0447. The quantitative estimate of drug-likeness (QED) is 0.338. The molecule has 1 fully saturated rings. The molecule has 0 bridgehead atoms. The van der Waals surface area contributed by atoms with Crippen LogP contribution in [0.25, 0.3) is 22.2 Å². The van der Waals surface area contributed by atoms with Crippen molar-refractivity contribution in [3.05, 3.63) is 84.1 Å². The highest BCUT2D eigenvalue weighted by molar-refractivity contribution is 5.94. The van der Waals surface area contributed by atoms with Gasteiger partial charge in [-0.1, -0.05) is 30.7 Å². The van der Waals surface area contributed by atoms with Crippen LogP contribution in [0.15, 0.2) is 72.9 Å². The minimum absolute atomic E-state index is 0.0447. The van der Waals surface area contributed by atoms with Crippen LogP contribution in [0.2, 0.25) is 0 Å². The van der Waals surface area contributed by atoms with Gasteiger partial charge < -0.3 is 21.3 Å². The number of nitrogens with zero attached hydrogens (tertiary/aromatic N) is 3. The molecular weight excluding hydrogens is 448 g/mol. The molecule has 0 aliphatic carbocycles. The zero-order valence-electron chi connectivity index (χ0n) is 20.4. The molecule has 0 saturated carbocycles. The van der Waals surface area contributed by atoms with E-state index in [2.05, 4.69) is 38.7 Å². The van der Waals surface area contributed by atoms with E-state index < -0.39 is 0 Å². The second-order valence-corrected chi connectivity index (χ2v) is 9.25. The third kappa shape index (κ3) is 5.80. The predicted octanol–water partition coefficient (Wildman–Crippen LogP) is 4.71. The lowest BCUT2D eigenvalue weighted by Gasteiger charge is -2.26. The first-order chi connectivity index (χ1) is 17.7. The van der Waals surface area contributed by atoms with E-state index in [1.54, 1.807) is 6.20 Å². The van der Waals surface area contributed by atoms with Gasteiger partial charge in [0.2, 0.25) is 0 Å². The number of nitrogen functional groups attached to an aromatic ring is 1. The number of likely N-dealkylation sites (tertiary alicyclic amines) is 1. The molecular formula is C29H32N6O. The van der Waals surface area contributed by atoms with Gasteiger partial charge in [-0.2, -0.15) is 0 Å². The predicted molar refractivity (Wildman–Crippen MR) is 146 cm³/mol. The first kappa shape index (κ1) is 23.8. The summed E-state index contributed by atoms with van der Waals surface area (Å²) in [7, 11) is 0. The maximum absolute atomic E-state index is 12.6. The molecule has 7 nitrogen and oxygen atoms in total. The molecule has 1 aliphatic heterocycles. The Kier molecular flexibility index (Phi) is 7.38. The molecule has 2 aromatic heterocycles. The molecule has 0 unspecified atom stereocenters. The molecule has 4 N–H and O–H groups in total. The number of carbonyl (C=O) groups is 1. The monoisotopic (exact) mass is 480 g/mol. The second kappa shape index (κ2) is 11.2. The number of hydrogen-bond donors (Lipinski definition) is 3. The standard InChI is InChI=1S/C29H32N6O/c30-25-11-13-27(34-28(25)33-20-21-6-12-26-24(19-21)5-4-14-31-26)22-7-9-23(10-8-22)29(36)32-15-18-35-16-2-1-3-17-35/h4-14,19H,1-3,15-18,20,30H2,(H,32,36)(H,33,34). The Morgan fingerprint density at radius 2 is 1.81 bits per heavy atom. The summed E-state index contributed by atoms with van der Waals surface area (Å²) < 4.78 is 0. The summed E-state index contributed by atoms with van der Waals surface area (Å²) in [5.41, 5.74) is 11.3. The largest absolute Gasteiger partial charge is 0.396 e. The Morgan fingerprint density at radius 3 is 2.64 bits per heavy atom. The molecule has 184 valence electrons. The number of fused-ring (bicyclic) bond motifs is 1. The number of piperidine rings is 1. The molecule has 5 rings (SSSR count). The van der Waals surface area contributed by atoms with Crippen LogP contribution in [-0.2, 0) is 6.54 Å². The van der Waals surface area contributed by atoms with Crippen LogP contribution in [0.5, 0.6) is 0 Å². The molecule has 7 heteroatoms. The first-order valence-corrected chi connectivity index (χ1v) is 12.6. The van der Waals surface area contributed by atoms with Crippen molar-refractivity contribution >= 4 is 28.3 Å². The third-order valence-corrected chi connectivity index (χ3v) is 6.66. The summed E-state index contributed by atoms with van der Waals surface area (Å²) in [6.45, 7) is 4.45. The van der Waals surface area contributed by atoms with Crippen LogP contribution in [0.4, 0.5) is 11.5 Å². The van der Waals surface area contributed by atoms with Gasteiger partial charge in [0.1, 0.15) is 5.82 Å². The zero-order chi connectivity index (χ0) is 24.7. The van der Waals surface area contributed by atoms with Crippen molar-refractivity contribution < 1.29 is 4.79 Å². The maximum Gasteiger partial charge on any atom is 0.251 e. The molecule has 1 aliphatic rings. The average Bonchev–Trinajstić information content (AvgIpc) is 2.93. The fourth-order valence-electron chi connectivity index (χ4n) is 4.60. The first-order valence-electron chi connectivity index (χ1n) is 12.6. The van der Waals surface area contributed by atoms with E-state index in [0.29, 0.717) is 30.2 Å². The summed E-state index contributed by atoms with van der Waals surface area (Å²) >= 11 is 0. The van der Waals surface area contributed by atoms with Crippen molar-refractivity contribution in [1.82, 2.24) is 20.2 Å². The van der Waals surface area contributed by atoms with E-state index in [1.807, 2.05) is 48.5 Å². The highest BCUT2D eigenvalue weighted by atomic mass is 16.1. The number of hydrogen-bond acceptors (Lipinski definition) is 6. The lowest BCUT2D eigenvalue weighted by Crippen LogP contribution is -2.37. The summed E-state index contributed by atoms with van der Waals surface area (Å²) in [6.07, 6.45) is 5.63. The number of nitrogens with two attached hydrogens (primary N) is 1. The lowest BCUT2D eigenvalue weighted by atomic mass is 10.1. The number of anilines is 2. The van der Waals surface area contributed by atoms with Gasteiger partial charge in [-0.15, -0.1) is 0 Å². The number of carbonyl (C=O) groups excluding carboxylic acids is 1. The van der Waals surface area contributed by atoms with Gasteiger partial charge in [0.05, 0.1) is 16.9 Å². The Morgan fingerprint density at radius 1 is 0.972 bits per heavy atom. The maximum atomic E-state index is 12.6.